The number of halogens is 1. The number of rotatable bonds is 12. The summed E-state index contributed by atoms with van der Waals surface area (Å²) in [5, 5.41) is 9.71. The van der Waals surface area contributed by atoms with Gasteiger partial charge < -0.3 is 20.7 Å². The van der Waals surface area contributed by atoms with Crippen LogP contribution in [0.15, 0.2) is 48.0 Å². The minimum Gasteiger partial charge on any atom is -0.492 e. The molecule has 0 bridgehead atoms. The van der Waals surface area contributed by atoms with Crippen LogP contribution >= 0.6 is 0 Å². The maximum absolute atomic E-state index is 14.9. The fourth-order valence-corrected chi connectivity index (χ4v) is 4.09. The highest BCUT2D eigenvalue weighted by molar-refractivity contribution is 5.83. The largest absolute Gasteiger partial charge is 0.492 e. The van der Waals surface area contributed by atoms with Crippen molar-refractivity contribution < 1.29 is 9.13 Å². The van der Waals surface area contributed by atoms with E-state index in [-0.39, 0.29) is 0 Å². The van der Waals surface area contributed by atoms with Gasteiger partial charge in [-0.3, -0.25) is 4.99 Å². The van der Waals surface area contributed by atoms with Crippen molar-refractivity contribution in [1.29, 1.82) is 0 Å². The molecule has 2 aromatic rings. The Morgan fingerprint density at radius 1 is 1.16 bits per heavy atom. The zero-order chi connectivity index (χ0) is 22.8. The van der Waals surface area contributed by atoms with Crippen LogP contribution in [0.4, 0.5) is 21.5 Å². The smallest absolute Gasteiger partial charge is 0.138 e. The van der Waals surface area contributed by atoms with Gasteiger partial charge in [-0.25, -0.2) is 4.39 Å². The molecule has 0 saturated heterocycles. The average Bonchev–Trinajstić information content (AvgIpc) is 3.29. The first-order valence-corrected chi connectivity index (χ1v) is 11.5. The highest BCUT2D eigenvalue weighted by Crippen LogP contribution is 2.33. The summed E-state index contributed by atoms with van der Waals surface area (Å²) in [6.07, 6.45) is 8.37. The van der Waals surface area contributed by atoms with Crippen molar-refractivity contribution in [2.75, 3.05) is 37.4 Å². The van der Waals surface area contributed by atoms with Crippen molar-refractivity contribution in [3.63, 3.8) is 0 Å². The minimum atomic E-state index is -0.421. The van der Waals surface area contributed by atoms with Crippen LogP contribution in [-0.4, -0.2) is 33.0 Å². The van der Waals surface area contributed by atoms with Crippen molar-refractivity contribution in [3.8, 4) is 5.75 Å². The summed E-state index contributed by atoms with van der Waals surface area (Å²) in [7, 11) is 1.84. The number of hydrogen-bond acceptors (Lipinski definition) is 5. The lowest BCUT2D eigenvalue weighted by atomic mass is 10.0. The van der Waals surface area contributed by atoms with E-state index in [9.17, 15) is 4.39 Å². The fourth-order valence-electron chi connectivity index (χ4n) is 4.09. The van der Waals surface area contributed by atoms with Crippen molar-refractivity contribution in [1.82, 2.24) is 5.32 Å². The van der Waals surface area contributed by atoms with E-state index in [2.05, 4.69) is 27.5 Å². The molecule has 1 aliphatic rings. The van der Waals surface area contributed by atoms with Crippen LogP contribution in [-0.2, 0) is 0 Å². The molecule has 32 heavy (non-hydrogen) atoms. The van der Waals surface area contributed by atoms with E-state index in [1.807, 2.05) is 31.3 Å². The molecular weight excluding hydrogens is 403 g/mol. The molecule has 2 aromatic carbocycles. The van der Waals surface area contributed by atoms with Gasteiger partial charge in [0.2, 0.25) is 0 Å². The van der Waals surface area contributed by atoms with E-state index in [1.54, 1.807) is 19.2 Å². The molecule has 6 heteroatoms. The van der Waals surface area contributed by atoms with Gasteiger partial charge in [0.05, 0.1) is 11.3 Å². The molecule has 1 aliphatic carbocycles. The molecule has 0 heterocycles. The molecule has 1 saturated carbocycles. The highest BCUT2D eigenvalue weighted by atomic mass is 19.1. The molecule has 1 fully saturated rings. The molecular formula is C26H35FN4O. The summed E-state index contributed by atoms with van der Waals surface area (Å²) in [6.45, 7) is 7.97. The lowest BCUT2D eigenvalue weighted by Crippen LogP contribution is -2.16. The van der Waals surface area contributed by atoms with Crippen LogP contribution in [0.3, 0.4) is 0 Å². The van der Waals surface area contributed by atoms with Crippen LogP contribution in [0.2, 0.25) is 0 Å². The summed E-state index contributed by atoms with van der Waals surface area (Å²) < 4.78 is 20.6. The Morgan fingerprint density at radius 3 is 2.56 bits per heavy atom. The number of nitrogens with one attached hydrogen (secondary N) is 3. The Balaban J connectivity index is 1.62. The summed E-state index contributed by atoms with van der Waals surface area (Å²) >= 11 is 0. The average molecular weight is 439 g/mol. The molecule has 0 spiro atoms. The van der Waals surface area contributed by atoms with Gasteiger partial charge in [0.25, 0.3) is 0 Å². The van der Waals surface area contributed by atoms with Gasteiger partial charge in [-0.1, -0.05) is 32.3 Å². The van der Waals surface area contributed by atoms with E-state index in [1.165, 1.54) is 38.2 Å². The maximum atomic E-state index is 14.9. The third-order valence-corrected chi connectivity index (χ3v) is 5.77. The number of benzene rings is 2. The topological polar surface area (TPSA) is 57.7 Å². The van der Waals surface area contributed by atoms with E-state index >= 15 is 0 Å². The number of anilines is 2. The molecule has 0 unspecified atom stereocenters. The van der Waals surface area contributed by atoms with Gasteiger partial charge in [-0.2, -0.15) is 0 Å². The Kier molecular flexibility index (Phi) is 9.11. The Hall–Kier alpha value is -2.86. The second-order valence-corrected chi connectivity index (χ2v) is 8.19. The first-order chi connectivity index (χ1) is 15.6. The molecule has 0 radical (unpaired) electrons. The number of hydrogen-bond donors (Lipinski definition) is 3. The van der Waals surface area contributed by atoms with E-state index < -0.39 is 5.82 Å². The van der Waals surface area contributed by atoms with E-state index in [0.717, 1.165) is 23.8 Å². The Morgan fingerprint density at radius 2 is 1.88 bits per heavy atom. The van der Waals surface area contributed by atoms with Crippen LogP contribution in [0, 0.1) is 11.7 Å². The summed E-state index contributed by atoms with van der Waals surface area (Å²) in [5.41, 5.74) is 3.20. The first kappa shape index (κ1) is 23.8. The quantitative estimate of drug-likeness (QED) is 0.272. The third kappa shape index (κ3) is 6.82. The van der Waals surface area contributed by atoms with E-state index in [0.29, 0.717) is 35.8 Å². The zero-order valence-corrected chi connectivity index (χ0v) is 19.2. The predicted octanol–water partition coefficient (Wildman–Crippen LogP) is 6.22. The number of nitrogens with zero attached hydrogens (tertiary/aromatic N) is 1. The highest BCUT2D eigenvalue weighted by Gasteiger charge is 2.16. The number of likely N-dealkylation sites (N-methyl/N-ethyl adjacent to an activating group) is 1. The molecule has 3 rings (SSSR count). The molecule has 172 valence electrons. The molecule has 0 amide bonds. The van der Waals surface area contributed by atoms with Crippen molar-refractivity contribution in [3.05, 3.63) is 54.4 Å². The summed E-state index contributed by atoms with van der Waals surface area (Å²) in [4.78, 5) is 4.33. The molecule has 0 aliphatic heterocycles. The van der Waals surface area contributed by atoms with Gasteiger partial charge in [-0.05, 0) is 50.6 Å². The minimum absolute atomic E-state index is 0.336. The maximum Gasteiger partial charge on any atom is 0.138 e. The zero-order valence-electron chi connectivity index (χ0n) is 19.2. The number of aliphatic imine (C=N–C) groups is 1. The molecule has 0 atom stereocenters. The van der Waals surface area contributed by atoms with Crippen LogP contribution in [0.1, 0.15) is 44.6 Å². The van der Waals surface area contributed by atoms with Crippen molar-refractivity contribution in [2.24, 2.45) is 10.9 Å². The van der Waals surface area contributed by atoms with Gasteiger partial charge in [-0.15, -0.1) is 0 Å². The predicted molar refractivity (Wildman–Crippen MR) is 134 cm³/mol. The van der Waals surface area contributed by atoms with Crippen LogP contribution in [0.5, 0.6) is 5.75 Å². The van der Waals surface area contributed by atoms with Gasteiger partial charge in [0.1, 0.15) is 18.2 Å². The number of ether oxygens (including phenoxy) is 1. The molecule has 3 N–H and O–H groups in total. The Bertz CT molecular complexity index is 905. The second kappa shape index (κ2) is 12.2. The van der Waals surface area contributed by atoms with Gasteiger partial charge in [0.15, 0.2) is 0 Å². The SMILES string of the molecule is C=C(Nc1ccc(NCCC2CCCC2)cc1)c1c(F)cc(OCCNC)cc1N=CC. The standard InChI is InChI=1S/C26H35FN4O/c1-4-29-25-18-23(32-16-15-28-3)17-24(27)26(25)19(2)31-22-11-9-21(10-12-22)30-14-13-20-7-5-6-8-20/h4,9-12,17-18,20,28,30-31H,2,5-8,13-16H2,1,3H3. The third-order valence-electron chi connectivity index (χ3n) is 5.77. The first-order valence-electron chi connectivity index (χ1n) is 11.5. The van der Waals surface area contributed by atoms with Crippen LogP contribution < -0.4 is 20.7 Å². The lowest BCUT2D eigenvalue weighted by molar-refractivity contribution is 0.317. The monoisotopic (exact) mass is 438 g/mol. The van der Waals surface area contributed by atoms with Gasteiger partial charge >= 0.3 is 0 Å². The summed E-state index contributed by atoms with van der Waals surface area (Å²) in [5.74, 6) is 0.903. The normalized spacial score (nSPS) is 14.1. The Labute approximate surface area is 191 Å². The molecule has 0 aromatic heterocycles. The summed E-state index contributed by atoms with van der Waals surface area (Å²) in [6, 6.07) is 11.1. The van der Waals surface area contributed by atoms with E-state index in [4.69, 9.17) is 4.74 Å². The van der Waals surface area contributed by atoms with Crippen molar-refractivity contribution in [2.45, 2.75) is 39.0 Å². The molecule has 5 nitrogen and oxygen atoms in total. The lowest BCUT2D eigenvalue weighted by Gasteiger charge is -2.16. The van der Waals surface area contributed by atoms with Crippen LogP contribution in [0.25, 0.3) is 5.70 Å². The van der Waals surface area contributed by atoms with Crippen molar-refractivity contribution >= 4 is 29.0 Å². The second-order valence-electron chi connectivity index (χ2n) is 8.19. The fraction of sp³-hybridized carbons (Fsp3) is 0.423. The van der Waals surface area contributed by atoms with Gasteiger partial charge in [0, 0.05) is 48.5 Å².